The lowest BCUT2D eigenvalue weighted by Crippen LogP contribution is -2.63. The number of pyridine rings is 1. The highest BCUT2D eigenvalue weighted by Crippen LogP contribution is 2.50. The highest BCUT2D eigenvalue weighted by molar-refractivity contribution is 5.42. The predicted molar refractivity (Wildman–Crippen MR) is 140 cm³/mol. The molecule has 1 aromatic carbocycles. The summed E-state index contributed by atoms with van der Waals surface area (Å²) >= 11 is 0. The zero-order valence-corrected chi connectivity index (χ0v) is 22.2. The first-order valence-corrected chi connectivity index (χ1v) is 12.5. The van der Waals surface area contributed by atoms with E-state index in [4.69, 9.17) is 4.74 Å². The van der Waals surface area contributed by atoms with Crippen LogP contribution < -0.4 is 4.74 Å². The van der Waals surface area contributed by atoms with E-state index in [2.05, 4.69) is 71.9 Å². The average molecular weight is 491 g/mol. The van der Waals surface area contributed by atoms with E-state index in [1.165, 1.54) is 19.0 Å². The number of likely N-dealkylation sites (tertiary alicyclic amines) is 1. The van der Waals surface area contributed by atoms with Gasteiger partial charge in [-0.3, -0.25) is 4.98 Å². The largest absolute Gasteiger partial charge is 0.481 e. The smallest absolute Gasteiger partial charge is 0.216 e. The van der Waals surface area contributed by atoms with Crippen LogP contribution in [0.5, 0.6) is 5.88 Å². The molecule has 0 aliphatic carbocycles. The molecule has 192 valence electrons. The highest BCUT2D eigenvalue weighted by atomic mass is 16.5. The first-order valence-electron chi connectivity index (χ1n) is 12.5. The molecule has 4 rings (SSSR count). The second kappa shape index (κ2) is 9.88. The Morgan fingerprint density at radius 2 is 1.75 bits per heavy atom. The van der Waals surface area contributed by atoms with E-state index in [-0.39, 0.29) is 5.41 Å². The van der Waals surface area contributed by atoms with Gasteiger partial charge in [-0.05, 0) is 55.5 Å². The summed E-state index contributed by atoms with van der Waals surface area (Å²) in [6, 6.07) is 12.0. The Balaban J connectivity index is 1.64. The Kier molecular flexibility index (Phi) is 7.19. The van der Waals surface area contributed by atoms with Gasteiger partial charge in [-0.25, -0.2) is 9.97 Å². The third-order valence-corrected chi connectivity index (χ3v) is 7.62. The van der Waals surface area contributed by atoms with Gasteiger partial charge in [0.05, 0.1) is 12.8 Å². The molecule has 3 heterocycles. The Bertz CT molecular complexity index is 1190. The number of rotatable bonds is 9. The van der Waals surface area contributed by atoms with Crippen molar-refractivity contribution in [3.63, 3.8) is 0 Å². The van der Waals surface area contributed by atoms with Crippen molar-refractivity contribution in [3.05, 3.63) is 83.1 Å². The summed E-state index contributed by atoms with van der Waals surface area (Å²) in [4.78, 5) is 15.0. The molecule has 7 nitrogen and oxygen atoms in total. The fraction of sp³-hybridized carbons (Fsp3) is 0.483. The molecule has 1 aliphatic rings. The molecule has 0 bridgehead atoms. The number of benzene rings is 1. The predicted octanol–water partition coefficient (Wildman–Crippen LogP) is 4.03. The molecule has 1 fully saturated rings. The molecular formula is C29H38N4O3. The molecule has 0 saturated carbocycles. The Morgan fingerprint density at radius 1 is 1.06 bits per heavy atom. The van der Waals surface area contributed by atoms with Crippen LogP contribution in [0.4, 0.5) is 0 Å². The van der Waals surface area contributed by atoms with Crippen molar-refractivity contribution in [2.45, 2.75) is 57.7 Å². The first-order chi connectivity index (χ1) is 17.0. The van der Waals surface area contributed by atoms with Gasteiger partial charge < -0.3 is 19.8 Å². The van der Waals surface area contributed by atoms with Crippen molar-refractivity contribution in [2.24, 2.45) is 5.41 Å². The number of methoxy groups -OCH3 is 1. The van der Waals surface area contributed by atoms with E-state index in [0.29, 0.717) is 30.3 Å². The fourth-order valence-corrected chi connectivity index (χ4v) is 5.43. The Hall–Kier alpha value is -2.87. The van der Waals surface area contributed by atoms with Crippen LogP contribution in [0, 0.1) is 5.41 Å². The van der Waals surface area contributed by atoms with Crippen molar-refractivity contribution in [2.75, 3.05) is 27.2 Å². The van der Waals surface area contributed by atoms with E-state index < -0.39 is 11.2 Å². The Morgan fingerprint density at radius 3 is 2.36 bits per heavy atom. The standard InChI is InChI=1S/C29H38N4O3/c1-20(2)22-7-9-23(10-8-22)29(35,27(3)17-33(5)18-27)24-13-21(15-30-16-24)11-12-28(4,34)25-14-26(36-6)32-19-31-25/h7-10,13-16,19-20,34-35H,11-12,17-18H2,1-6H3/t28?,29-/m0/s1. The Labute approximate surface area is 214 Å². The quantitative estimate of drug-likeness (QED) is 0.468. The van der Waals surface area contributed by atoms with Gasteiger partial charge in [-0.15, -0.1) is 0 Å². The van der Waals surface area contributed by atoms with E-state index >= 15 is 0 Å². The minimum Gasteiger partial charge on any atom is -0.481 e. The van der Waals surface area contributed by atoms with Gasteiger partial charge in [0.25, 0.3) is 0 Å². The third kappa shape index (κ3) is 4.88. The summed E-state index contributed by atoms with van der Waals surface area (Å²) in [7, 11) is 3.61. The summed E-state index contributed by atoms with van der Waals surface area (Å²) in [5, 5.41) is 23.6. The second-order valence-corrected chi connectivity index (χ2v) is 11.0. The molecule has 2 atom stereocenters. The van der Waals surface area contributed by atoms with Crippen molar-refractivity contribution in [1.29, 1.82) is 0 Å². The summed E-state index contributed by atoms with van der Waals surface area (Å²) in [6.07, 6.45) is 5.97. The number of aryl methyl sites for hydroxylation is 1. The van der Waals surface area contributed by atoms with E-state index in [9.17, 15) is 10.2 Å². The normalized spacial score (nSPS) is 18.8. The van der Waals surface area contributed by atoms with Gasteiger partial charge in [0, 0.05) is 42.5 Å². The number of aromatic nitrogens is 3. The molecule has 1 unspecified atom stereocenters. The van der Waals surface area contributed by atoms with Crippen LogP contribution in [0.15, 0.2) is 55.1 Å². The van der Waals surface area contributed by atoms with Crippen LogP contribution in [0.25, 0.3) is 0 Å². The molecule has 2 aromatic heterocycles. The molecule has 7 heteroatoms. The number of aliphatic hydroxyl groups is 2. The average Bonchev–Trinajstić information content (AvgIpc) is 2.86. The monoisotopic (exact) mass is 490 g/mol. The first kappa shape index (κ1) is 26.2. The van der Waals surface area contributed by atoms with Gasteiger partial charge in [0.1, 0.15) is 17.5 Å². The summed E-state index contributed by atoms with van der Waals surface area (Å²) < 4.78 is 5.18. The molecular weight excluding hydrogens is 452 g/mol. The van der Waals surface area contributed by atoms with Gasteiger partial charge >= 0.3 is 0 Å². The van der Waals surface area contributed by atoms with Gasteiger partial charge in [0.2, 0.25) is 5.88 Å². The maximum Gasteiger partial charge on any atom is 0.216 e. The molecule has 1 saturated heterocycles. The third-order valence-electron chi connectivity index (χ3n) is 7.62. The molecule has 3 aromatic rings. The van der Waals surface area contributed by atoms with Crippen LogP contribution in [-0.4, -0.2) is 57.3 Å². The zero-order valence-electron chi connectivity index (χ0n) is 22.2. The minimum atomic E-state index is -1.19. The van der Waals surface area contributed by atoms with Crippen LogP contribution >= 0.6 is 0 Å². The van der Waals surface area contributed by atoms with Crippen LogP contribution in [0.2, 0.25) is 0 Å². The molecule has 0 radical (unpaired) electrons. The number of nitrogens with zero attached hydrogens (tertiary/aromatic N) is 4. The van der Waals surface area contributed by atoms with Gasteiger partial charge in [0.15, 0.2) is 0 Å². The molecule has 2 N–H and O–H groups in total. The molecule has 1 aliphatic heterocycles. The van der Waals surface area contributed by atoms with E-state index in [0.717, 1.165) is 29.8 Å². The topological polar surface area (TPSA) is 91.6 Å². The van der Waals surface area contributed by atoms with E-state index in [1.807, 2.05) is 6.07 Å². The van der Waals surface area contributed by atoms with Crippen LogP contribution in [0.3, 0.4) is 0 Å². The van der Waals surface area contributed by atoms with Crippen molar-refractivity contribution in [3.8, 4) is 5.88 Å². The summed E-state index contributed by atoms with van der Waals surface area (Å²) in [5.74, 6) is 0.835. The second-order valence-electron chi connectivity index (χ2n) is 11.0. The van der Waals surface area contributed by atoms with Crippen LogP contribution in [0.1, 0.15) is 68.0 Å². The lowest BCUT2D eigenvalue weighted by Gasteiger charge is -2.56. The maximum absolute atomic E-state index is 12.4. The molecule has 0 spiro atoms. The number of ether oxygens (including phenoxy) is 1. The van der Waals surface area contributed by atoms with Gasteiger partial charge in [-0.2, -0.15) is 0 Å². The lowest BCUT2D eigenvalue weighted by atomic mass is 9.62. The summed E-state index contributed by atoms with van der Waals surface area (Å²) in [6.45, 7) is 9.79. The number of hydrogen-bond donors (Lipinski definition) is 2. The molecule has 36 heavy (non-hydrogen) atoms. The van der Waals surface area contributed by atoms with Crippen molar-refractivity contribution >= 4 is 0 Å². The van der Waals surface area contributed by atoms with Crippen LogP contribution in [-0.2, 0) is 17.6 Å². The fourth-order valence-electron chi connectivity index (χ4n) is 5.43. The number of hydrogen-bond acceptors (Lipinski definition) is 7. The van der Waals surface area contributed by atoms with Crippen molar-refractivity contribution in [1.82, 2.24) is 19.9 Å². The zero-order chi connectivity index (χ0) is 26.1. The minimum absolute atomic E-state index is 0.357. The lowest BCUT2D eigenvalue weighted by molar-refractivity contribution is -0.127. The highest BCUT2D eigenvalue weighted by Gasteiger charge is 2.55. The molecule has 0 amide bonds. The van der Waals surface area contributed by atoms with E-state index in [1.54, 1.807) is 25.4 Å². The van der Waals surface area contributed by atoms with Gasteiger partial charge in [-0.1, -0.05) is 45.0 Å². The maximum atomic E-state index is 12.4. The summed E-state index contributed by atoms with van der Waals surface area (Å²) in [5.41, 5.74) is 1.63. The SMILES string of the molecule is COc1cc(C(C)(O)CCc2cncc([C@@](O)(c3ccc(C(C)C)cc3)C3(C)CN(C)C3)c2)ncn1. The van der Waals surface area contributed by atoms with Crippen molar-refractivity contribution < 1.29 is 14.9 Å².